The van der Waals surface area contributed by atoms with Crippen LogP contribution in [0.15, 0.2) is 17.5 Å². The molecule has 0 saturated heterocycles. The second-order valence-corrected chi connectivity index (χ2v) is 5.63. The van der Waals surface area contributed by atoms with E-state index in [1.54, 1.807) is 12.1 Å². The molecule has 7 nitrogen and oxygen atoms in total. The minimum absolute atomic E-state index is 0.238. The van der Waals surface area contributed by atoms with Gasteiger partial charge in [0, 0.05) is 13.1 Å². The van der Waals surface area contributed by atoms with Crippen molar-refractivity contribution in [2.24, 2.45) is 10.8 Å². The standard InChI is InChI=1S/C14H22N6OS/c1-20(14(22)17-10-6-4-3-5-7-10)19-13(15)11-8-16-9-12(18-11)21-2/h8-10H,3-7H2,1-2H3,(H2,15,19)(H,17,22). The van der Waals surface area contributed by atoms with Crippen molar-refractivity contribution < 1.29 is 4.74 Å². The second-order valence-electron chi connectivity index (χ2n) is 5.24. The average Bonchev–Trinajstić information content (AvgIpc) is 2.55. The highest BCUT2D eigenvalue weighted by Crippen LogP contribution is 2.17. The Balaban J connectivity index is 1.98. The Labute approximate surface area is 136 Å². The number of hydrazone groups is 1. The molecule has 1 heterocycles. The topological polar surface area (TPSA) is 88.7 Å². The van der Waals surface area contributed by atoms with Crippen LogP contribution < -0.4 is 15.8 Å². The van der Waals surface area contributed by atoms with Crippen LogP contribution in [0.3, 0.4) is 0 Å². The second kappa shape index (κ2) is 7.88. The molecule has 0 radical (unpaired) electrons. The van der Waals surface area contributed by atoms with Crippen molar-refractivity contribution in [3.05, 3.63) is 18.1 Å². The van der Waals surface area contributed by atoms with E-state index in [0.717, 1.165) is 12.8 Å². The molecule has 1 aliphatic carbocycles. The molecule has 1 aromatic rings. The minimum Gasteiger partial charge on any atom is -0.480 e. The summed E-state index contributed by atoms with van der Waals surface area (Å²) in [7, 11) is 3.29. The third-order valence-electron chi connectivity index (χ3n) is 3.57. The van der Waals surface area contributed by atoms with Gasteiger partial charge in [-0.1, -0.05) is 19.3 Å². The van der Waals surface area contributed by atoms with Gasteiger partial charge in [-0.25, -0.2) is 9.99 Å². The monoisotopic (exact) mass is 322 g/mol. The Morgan fingerprint density at radius 1 is 1.41 bits per heavy atom. The molecule has 0 spiro atoms. The van der Waals surface area contributed by atoms with Gasteiger partial charge in [-0.15, -0.1) is 0 Å². The highest BCUT2D eigenvalue weighted by atomic mass is 32.1. The summed E-state index contributed by atoms with van der Waals surface area (Å²) in [4.78, 5) is 8.20. The van der Waals surface area contributed by atoms with E-state index >= 15 is 0 Å². The van der Waals surface area contributed by atoms with E-state index in [1.807, 2.05) is 0 Å². The summed E-state index contributed by atoms with van der Waals surface area (Å²) in [6, 6.07) is 0.428. The van der Waals surface area contributed by atoms with E-state index in [2.05, 4.69) is 20.4 Å². The lowest BCUT2D eigenvalue weighted by molar-refractivity contribution is 0.394. The first-order chi connectivity index (χ1) is 10.6. The van der Waals surface area contributed by atoms with E-state index < -0.39 is 0 Å². The molecule has 22 heavy (non-hydrogen) atoms. The fraction of sp³-hybridized carbons (Fsp3) is 0.571. The number of rotatable bonds is 4. The number of aromatic nitrogens is 2. The van der Waals surface area contributed by atoms with Crippen LogP contribution in [-0.4, -0.2) is 46.1 Å². The fourth-order valence-corrected chi connectivity index (χ4v) is 2.55. The molecule has 120 valence electrons. The number of hydrogen-bond acceptors (Lipinski definition) is 5. The summed E-state index contributed by atoms with van der Waals surface area (Å²) >= 11 is 5.37. The van der Waals surface area contributed by atoms with Crippen LogP contribution in [0.2, 0.25) is 0 Å². The van der Waals surface area contributed by atoms with Crippen molar-refractivity contribution in [1.82, 2.24) is 20.3 Å². The lowest BCUT2D eigenvalue weighted by Crippen LogP contribution is -2.42. The van der Waals surface area contributed by atoms with Crippen LogP contribution in [0.4, 0.5) is 0 Å². The van der Waals surface area contributed by atoms with Crippen LogP contribution in [0.5, 0.6) is 5.88 Å². The molecule has 8 heteroatoms. The third kappa shape index (κ3) is 4.52. The largest absolute Gasteiger partial charge is 0.480 e. The van der Waals surface area contributed by atoms with E-state index in [-0.39, 0.29) is 5.84 Å². The lowest BCUT2D eigenvalue weighted by atomic mass is 9.96. The summed E-state index contributed by atoms with van der Waals surface area (Å²) in [5.74, 6) is 0.628. The summed E-state index contributed by atoms with van der Waals surface area (Å²) < 4.78 is 5.02. The molecule has 1 fully saturated rings. The predicted octanol–water partition coefficient (Wildman–Crippen LogP) is 1.24. The van der Waals surface area contributed by atoms with Gasteiger partial charge < -0.3 is 15.8 Å². The molecule has 0 unspecified atom stereocenters. The number of ether oxygens (including phenoxy) is 1. The molecule has 0 amide bonds. The molecule has 2 rings (SSSR count). The number of amidine groups is 1. The Bertz CT molecular complexity index is 544. The Hall–Kier alpha value is -1.96. The van der Waals surface area contributed by atoms with Crippen molar-refractivity contribution in [1.29, 1.82) is 0 Å². The number of methoxy groups -OCH3 is 1. The predicted molar refractivity (Wildman–Crippen MR) is 89.7 cm³/mol. The van der Waals surface area contributed by atoms with E-state index in [1.165, 1.54) is 38.8 Å². The maximum Gasteiger partial charge on any atom is 0.232 e. The molecule has 0 atom stereocenters. The number of nitrogens with zero attached hydrogens (tertiary/aromatic N) is 4. The number of hydrogen-bond donors (Lipinski definition) is 2. The van der Waals surface area contributed by atoms with Crippen LogP contribution in [0.1, 0.15) is 37.8 Å². The zero-order valence-corrected chi connectivity index (χ0v) is 13.8. The van der Waals surface area contributed by atoms with Gasteiger partial charge in [0.05, 0.1) is 19.5 Å². The Morgan fingerprint density at radius 2 is 2.14 bits per heavy atom. The van der Waals surface area contributed by atoms with Gasteiger partial charge >= 0.3 is 0 Å². The van der Waals surface area contributed by atoms with Gasteiger partial charge in [0.25, 0.3) is 0 Å². The van der Waals surface area contributed by atoms with Crippen LogP contribution in [0.25, 0.3) is 0 Å². The highest BCUT2D eigenvalue weighted by Gasteiger charge is 2.16. The Morgan fingerprint density at radius 3 is 2.82 bits per heavy atom. The molecular weight excluding hydrogens is 300 g/mol. The summed E-state index contributed by atoms with van der Waals surface area (Å²) in [5.41, 5.74) is 6.40. The van der Waals surface area contributed by atoms with Crippen molar-refractivity contribution >= 4 is 23.2 Å². The van der Waals surface area contributed by atoms with Crippen LogP contribution >= 0.6 is 12.2 Å². The lowest BCUT2D eigenvalue weighted by Gasteiger charge is -2.26. The quantitative estimate of drug-likeness (QED) is 0.373. The first kappa shape index (κ1) is 16.4. The SMILES string of the molecule is COc1cncc(/C(N)=N/N(C)C(=S)NC2CCCCC2)n1. The van der Waals surface area contributed by atoms with Crippen molar-refractivity contribution in [2.75, 3.05) is 14.2 Å². The highest BCUT2D eigenvalue weighted by molar-refractivity contribution is 7.80. The van der Waals surface area contributed by atoms with Crippen LogP contribution in [-0.2, 0) is 0 Å². The minimum atomic E-state index is 0.238. The Kier molecular flexibility index (Phi) is 5.88. The van der Waals surface area contributed by atoms with Gasteiger partial charge in [0.1, 0.15) is 5.69 Å². The molecule has 0 aliphatic heterocycles. The first-order valence-corrected chi connectivity index (χ1v) is 7.75. The van der Waals surface area contributed by atoms with Gasteiger partial charge in [0.2, 0.25) is 5.88 Å². The molecule has 3 N–H and O–H groups in total. The zero-order valence-electron chi connectivity index (χ0n) is 13.0. The molecule has 0 aromatic carbocycles. The van der Waals surface area contributed by atoms with Crippen molar-refractivity contribution in [3.63, 3.8) is 0 Å². The molecular formula is C14H22N6OS. The summed E-state index contributed by atoms with van der Waals surface area (Å²) in [6.07, 6.45) is 9.13. The smallest absolute Gasteiger partial charge is 0.232 e. The van der Waals surface area contributed by atoms with Crippen molar-refractivity contribution in [3.8, 4) is 5.88 Å². The zero-order chi connectivity index (χ0) is 15.9. The molecule has 1 saturated carbocycles. The van der Waals surface area contributed by atoms with Gasteiger partial charge in [-0.3, -0.25) is 4.98 Å². The maximum absolute atomic E-state index is 5.95. The number of nitrogens with two attached hydrogens (primary N) is 1. The number of thiocarbonyl (C=S) groups is 1. The summed E-state index contributed by atoms with van der Waals surface area (Å²) in [6.45, 7) is 0. The van der Waals surface area contributed by atoms with Crippen LogP contribution in [0, 0.1) is 0 Å². The molecule has 0 bridgehead atoms. The first-order valence-electron chi connectivity index (χ1n) is 7.35. The normalized spacial score (nSPS) is 16.2. The maximum atomic E-state index is 5.95. The molecule has 1 aliphatic rings. The fourth-order valence-electron chi connectivity index (χ4n) is 2.34. The summed E-state index contributed by atoms with van der Waals surface area (Å²) in [5, 5.41) is 9.70. The van der Waals surface area contributed by atoms with E-state index in [0.29, 0.717) is 22.7 Å². The van der Waals surface area contributed by atoms with E-state index in [4.69, 9.17) is 22.7 Å². The van der Waals surface area contributed by atoms with Gasteiger partial charge in [0.15, 0.2) is 10.9 Å². The van der Waals surface area contributed by atoms with Gasteiger partial charge in [-0.2, -0.15) is 5.10 Å². The average molecular weight is 322 g/mol. The van der Waals surface area contributed by atoms with E-state index in [9.17, 15) is 0 Å². The third-order valence-corrected chi connectivity index (χ3v) is 3.95. The molecule has 1 aromatic heterocycles. The van der Waals surface area contributed by atoms with Crippen molar-refractivity contribution in [2.45, 2.75) is 38.1 Å². The van der Waals surface area contributed by atoms with Gasteiger partial charge in [-0.05, 0) is 25.1 Å². The number of nitrogens with one attached hydrogen (secondary N) is 1.